The van der Waals surface area contributed by atoms with Gasteiger partial charge in [0.25, 0.3) is 5.56 Å². The molecule has 0 atom stereocenters. The van der Waals surface area contributed by atoms with E-state index in [0.29, 0.717) is 34.9 Å². The van der Waals surface area contributed by atoms with Gasteiger partial charge in [-0.1, -0.05) is 49.1 Å². The lowest BCUT2D eigenvalue weighted by molar-refractivity contribution is 0.0311. The van der Waals surface area contributed by atoms with E-state index in [4.69, 9.17) is 16.6 Å². The summed E-state index contributed by atoms with van der Waals surface area (Å²) in [6.45, 7) is 2.64. The molecule has 36 heavy (non-hydrogen) atoms. The molecule has 6 heteroatoms. The molecule has 188 valence electrons. The first kappa shape index (κ1) is 22.9. The number of nitrogens with zero attached hydrogens (tertiary/aromatic N) is 3. The van der Waals surface area contributed by atoms with Gasteiger partial charge in [0.05, 0.1) is 27.0 Å². The average Bonchev–Trinajstić information content (AvgIpc) is 3.13. The number of hydrogen-bond donors (Lipinski definition) is 1. The van der Waals surface area contributed by atoms with Crippen molar-refractivity contribution in [1.82, 2.24) is 14.5 Å². The van der Waals surface area contributed by atoms with Crippen molar-refractivity contribution in [3.05, 3.63) is 68.7 Å². The fourth-order valence-corrected chi connectivity index (χ4v) is 7.94. The summed E-state index contributed by atoms with van der Waals surface area (Å²) in [7, 11) is 0. The van der Waals surface area contributed by atoms with Crippen LogP contribution in [0, 0.1) is 5.92 Å². The molecule has 3 heterocycles. The Labute approximate surface area is 217 Å². The van der Waals surface area contributed by atoms with Crippen molar-refractivity contribution < 1.29 is 5.11 Å². The number of aliphatic hydroxyl groups excluding tert-OH is 1. The first-order valence-electron chi connectivity index (χ1n) is 13.8. The van der Waals surface area contributed by atoms with Gasteiger partial charge in [0.2, 0.25) is 0 Å². The van der Waals surface area contributed by atoms with Crippen molar-refractivity contribution in [3.63, 3.8) is 0 Å². The van der Waals surface area contributed by atoms with Gasteiger partial charge >= 0.3 is 0 Å². The molecule has 3 aromatic rings. The number of likely N-dealkylation sites (tertiary alicyclic amines) is 1. The molecular formula is C30H34ClN3O2. The summed E-state index contributed by atoms with van der Waals surface area (Å²) in [5, 5.41) is 10.4. The largest absolute Gasteiger partial charge is 0.396 e. The predicted molar refractivity (Wildman–Crippen MR) is 143 cm³/mol. The standard InChI is InChI=1S/C30H34ClN3O2/c31-24-5-4-6-26-27(24)28(36)32-29-30(11-2-1-3-12-30)23-17-21(7-8-25(23)34(26)29)20-9-13-33(14-10-20)22-15-19(16-22)18-35/h4-8,17,19-20,22,35H,1-3,9-16,18H2. The third-order valence-corrected chi connectivity index (χ3v) is 10.1. The van der Waals surface area contributed by atoms with Gasteiger partial charge in [-0.15, -0.1) is 0 Å². The van der Waals surface area contributed by atoms with Crippen LogP contribution in [0.1, 0.15) is 80.7 Å². The minimum Gasteiger partial charge on any atom is -0.396 e. The summed E-state index contributed by atoms with van der Waals surface area (Å²) in [6, 6.07) is 13.5. The van der Waals surface area contributed by atoms with Gasteiger partial charge in [-0.3, -0.25) is 9.36 Å². The first-order valence-corrected chi connectivity index (χ1v) is 14.2. The molecule has 0 amide bonds. The molecule has 2 aliphatic heterocycles. The van der Waals surface area contributed by atoms with Crippen LogP contribution in [0.2, 0.25) is 5.02 Å². The van der Waals surface area contributed by atoms with Gasteiger partial charge in [0.15, 0.2) is 0 Å². The number of hydrogen-bond acceptors (Lipinski definition) is 4. The smallest absolute Gasteiger partial charge is 0.282 e. The van der Waals surface area contributed by atoms with Crippen molar-refractivity contribution in [3.8, 4) is 5.69 Å². The van der Waals surface area contributed by atoms with Gasteiger partial charge in [0, 0.05) is 12.6 Å². The molecule has 2 saturated carbocycles. The molecule has 0 bridgehead atoms. The molecule has 2 aliphatic carbocycles. The van der Waals surface area contributed by atoms with Gasteiger partial charge in [-0.25, -0.2) is 0 Å². The van der Waals surface area contributed by atoms with Crippen LogP contribution in [0.25, 0.3) is 16.6 Å². The van der Waals surface area contributed by atoms with Crippen LogP contribution in [0.4, 0.5) is 0 Å². The maximum Gasteiger partial charge on any atom is 0.282 e. The molecule has 1 saturated heterocycles. The highest BCUT2D eigenvalue weighted by Crippen LogP contribution is 2.52. The van der Waals surface area contributed by atoms with Crippen molar-refractivity contribution in [2.75, 3.05) is 19.7 Å². The number of rotatable bonds is 3. The summed E-state index contributed by atoms with van der Waals surface area (Å²) < 4.78 is 2.24. The minimum atomic E-state index is -0.202. The maximum absolute atomic E-state index is 13.2. The number of piperidine rings is 1. The van der Waals surface area contributed by atoms with Gasteiger partial charge in [0.1, 0.15) is 5.82 Å². The zero-order valence-electron chi connectivity index (χ0n) is 20.8. The second-order valence-electron chi connectivity index (χ2n) is 11.6. The molecule has 2 aromatic carbocycles. The first-order chi connectivity index (χ1) is 17.6. The lowest BCUT2D eigenvalue weighted by Crippen LogP contribution is -2.48. The summed E-state index contributed by atoms with van der Waals surface area (Å²) >= 11 is 6.49. The highest BCUT2D eigenvalue weighted by Gasteiger charge is 2.47. The van der Waals surface area contributed by atoms with Crippen molar-refractivity contribution in [1.29, 1.82) is 0 Å². The molecule has 4 aliphatic rings. The maximum atomic E-state index is 13.2. The van der Waals surface area contributed by atoms with Crippen molar-refractivity contribution in [2.45, 2.75) is 75.2 Å². The number of aromatic nitrogens is 2. The quantitative estimate of drug-likeness (QED) is 0.509. The Morgan fingerprint density at radius 3 is 2.58 bits per heavy atom. The molecule has 1 aromatic heterocycles. The monoisotopic (exact) mass is 503 g/mol. The highest BCUT2D eigenvalue weighted by molar-refractivity contribution is 6.35. The summed E-state index contributed by atoms with van der Waals surface area (Å²) in [5.74, 6) is 2.01. The van der Waals surface area contributed by atoms with E-state index in [1.165, 1.54) is 48.9 Å². The fraction of sp³-hybridized carbons (Fsp3) is 0.533. The Balaban J connectivity index is 1.27. The lowest BCUT2D eigenvalue weighted by atomic mass is 9.69. The Bertz CT molecular complexity index is 1380. The van der Waals surface area contributed by atoms with Gasteiger partial charge in [-0.05, 0) is 92.8 Å². The molecule has 0 unspecified atom stereocenters. The van der Waals surface area contributed by atoms with Crippen LogP contribution in [-0.2, 0) is 5.41 Å². The topological polar surface area (TPSA) is 58.4 Å². The van der Waals surface area contributed by atoms with E-state index in [1.54, 1.807) is 6.07 Å². The van der Waals surface area contributed by atoms with Crippen LogP contribution < -0.4 is 5.56 Å². The molecular weight excluding hydrogens is 470 g/mol. The minimum absolute atomic E-state index is 0.175. The van der Waals surface area contributed by atoms with Crippen molar-refractivity contribution >= 4 is 22.5 Å². The van der Waals surface area contributed by atoms with E-state index in [9.17, 15) is 9.90 Å². The van der Waals surface area contributed by atoms with Gasteiger partial charge in [-0.2, -0.15) is 4.98 Å². The third-order valence-electron chi connectivity index (χ3n) is 9.76. The Hall–Kier alpha value is -2.21. The van der Waals surface area contributed by atoms with E-state index < -0.39 is 0 Å². The normalized spacial score (nSPS) is 25.6. The molecule has 5 nitrogen and oxygen atoms in total. The number of halogens is 1. The molecule has 0 radical (unpaired) electrons. The van der Waals surface area contributed by atoms with Crippen LogP contribution in [-0.4, -0.2) is 45.3 Å². The van der Waals surface area contributed by atoms with Crippen LogP contribution in [0.15, 0.2) is 41.2 Å². The lowest BCUT2D eigenvalue weighted by Gasteiger charge is -2.45. The van der Waals surface area contributed by atoms with Crippen molar-refractivity contribution in [2.24, 2.45) is 5.92 Å². The molecule has 1 N–H and O–H groups in total. The number of benzene rings is 2. The van der Waals surface area contributed by atoms with E-state index >= 15 is 0 Å². The second-order valence-corrected chi connectivity index (χ2v) is 12.0. The Kier molecular flexibility index (Phi) is 5.53. The van der Waals surface area contributed by atoms with Crippen LogP contribution >= 0.6 is 11.6 Å². The summed E-state index contributed by atoms with van der Waals surface area (Å²) in [5.41, 5.74) is 4.49. The Morgan fingerprint density at radius 1 is 1.06 bits per heavy atom. The second kappa shape index (κ2) is 8.68. The van der Waals surface area contributed by atoms with E-state index in [2.05, 4.69) is 27.7 Å². The number of aliphatic hydroxyl groups is 1. The van der Waals surface area contributed by atoms with E-state index in [0.717, 1.165) is 50.1 Å². The SMILES string of the molecule is O=c1nc2n(c3cccc(Cl)c13)-c1ccc(C3CCN(C4CC(CO)C4)CC3)cc1C21CCCCC1. The zero-order chi connectivity index (χ0) is 24.4. The molecule has 3 fully saturated rings. The predicted octanol–water partition coefficient (Wildman–Crippen LogP) is 5.55. The zero-order valence-corrected chi connectivity index (χ0v) is 21.5. The molecule has 1 spiro atoms. The summed E-state index contributed by atoms with van der Waals surface area (Å²) in [4.78, 5) is 20.6. The highest BCUT2D eigenvalue weighted by atomic mass is 35.5. The summed E-state index contributed by atoms with van der Waals surface area (Å²) in [6.07, 6.45) is 10.4. The van der Waals surface area contributed by atoms with Crippen LogP contribution in [0.5, 0.6) is 0 Å². The third kappa shape index (κ3) is 3.35. The van der Waals surface area contributed by atoms with Crippen LogP contribution in [0.3, 0.4) is 0 Å². The fourth-order valence-electron chi connectivity index (χ4n) is 7.69. The Morgan fingerprint density at radius 2 is 1.83 bits per heavy atom. The van der Waals surface area contributed by atoms with E-state index in [-0.39, 0.29) is 11.0 Å². The number of fused-ring (bicyclic) bond motifs is 7. The van der Waals surface area contributed by atoms with Gasteiger partial charge < -0.3 is 10.0 Å². The molecule has 7 rings (SSSR count). The van der Waals surface area contributed by atoms with E-state index in [1.807, 2.05) is 12.1 Å². The average molecular weight is 504 g/mol.